The lowest BCUT2D eigenvalue weighted by Gasteiger charge is -2.09. The predicted molar refractivity (Wildman–Crippen MR) is 111 cm³/mol. The summed E-state index contributed by atoms with van der Waals surface area (Å²) in [4.78, 5) is 12.5. The molecule has 0 aliphatic heterocycles. The fourth-order valence-electron chi connectivity index (χ4n) is 2.79. The van der Waals surface area contributed by atoms with Crippen LogP contribution in [0.5, 0.6) is 0 Å². The molecule has 6 heteroatoms. The second-order valence-corrected chi connectivity index (χ2v) is 8.25. The summed E-state index contributed by atoms with van der Waals surface area (Å²) in [7, 11) is -3.70. The highest BCUT2D eigenvalue weighted by Crippen LogP contribution is 2.15. The maximum absolute atomic E-state index is 12.6. The van der Waals surface area contributed by atoms with Gasteiger partial charge in [-0.1, -0.05) is 48.5 Å². The molecule has 0 saturated heterocycles. The second kappa shape index (κ2) is 8.82. The van der Waals surface area contributed by atoms with E-state index in [-0.39, 0.29) is 22.9 Å². The van der Waals surface area contributed by atoms with E-state index in [1.54, 1.807) is 18.2 Å². The fraction of sp³-hybridized carbons (Fsp3) is 0.136. The van der Waals surface area contributed by atoms with E-state index < -0.39 is 10.0 Å². The van der Waals surface area contributed by atoms with Gasteiger partial charge in [-0.25, -0.2) is 13.1 Å². The summed E-state index contributed by atoms with van der Waals surface area (Å²) in [5.41, 5.74) is 3.03. The quantitative estimate of drug-likeness (QED) is 0.641. The van der Waals surface area contributed by atoms with Gasteiger partial charge in [0.2, 0.25) is 10.0 Å². The third kappa shape index (κ3) is 5.28. The molecule has 1 amide bonds. The van der Waals surface area contributed by atoms with Crippen molar-refractivity contribution in [3.8, 4) is 0 Å². The Morgan fingerprint density at radius 3 is 2.39 bits per heavy atom. The zero-order valence-electron chi connectivity index (χ0n) is 15.6. The van der Waals surface area contributed by atoms with E-state index >= 15 is 0 Å². The average Bonchev–Trinajstić information content (AvgIpc) is 2.69. The van der Waals surface area contributed by atoms with Gasteiger partial charge in [0.25, 0.3) is 5.91 Å². The van der Waals surface area contributed by atoms with Gasteiger partial charge in [0.1, 0.15) is 0 Å². The Bertz CT molecular complexity index is 1060. The van der Waals surface area contributed by atoms with Crippen LogP contribution in [0, 0.1) is 6.92 Å². The van der Waals surface area contributed by atoms with E-state index in [4.69, 9.17) is 0 Å². The van der Waals surface area contributed by atoms with Crippen molar-refractivity contribution in [2.24, 2.45) is 0 Å². The van der Waals surface area contributed by atoms with Crippen molar-refractivity contribution in [2.45, 2.75) is 18.2 Å². The number of aryl methyl sites for hydroxylation is 1. The number of hydrogen-bond donors (Lipinski definition) is 2. The molecule has 0 atom stereocenters. The largest absolute Gasteiger partial charge is 0.322 e. The Morgan fingerprint density at radius 2 is 1.64 bits per heavy atom. The van der Waals surface area contributed by atoms with Crippen LogP contribution >= 0.6 is 0 Å². The van der Waals surface area contributed by atoms with Gasteiger partial charge in [0.05, 0.1) is 4.90 Å². The summed E-state index contributed by atoms with van der Waals surface area (Å²) in [5.74, 6) is -0.355. The van der Waals surface area contributed by atoms with Crippen LogP contribution in [-0.2, 0) is 16.4 Å². The number of nitrogens with one attached hydrogen (secondary N) is 2. The number of sulfonamides is 1. The second-order valence-electron chi connectivity index (χ2n) is 6.48. The SMILES string of the molecule is Cc1cccc(NC(=O)c2cccc(S(=O)(=O)NCCc3ccccc3)c2)c1. The van der Waals surface area contributed by atoms with Gasteiger partial charge in [-0.15, -0.1) is 0 Å². The standard InChI is InChI=1S/C22H22N2O3S/c1-17-7-5-11-20(15-17)24-22(25)19-10-6-12-21(16-19)28(26,27)23-14-13-18-8-3-2-4-9-18/h2-12,15-16,23H,13-14H2,1H3,(H,24,25). The number of benzene rings is 3. The van der Waals surface area contributed by atoms with E-state index in [1.165, 1.54) is 12.1 Å². The normalized spacial score (nSPS) is 11.2. The van der Waals surface area contributed by atoms with Crippen LogP contribution < -0.4 is 10.0 Å². The van der Waals surface area contributed by atoms with Crippen LogP contribution in [0.25, 0.3) is 0 Å². The highest BCUT2D eigenvalue weighted by Gasteiger charge is 2.16. The molecule has 0 bridgehead atoms. The monoisotopic (exact) mass is 394 g/mol. The van der Waals surface area contributed by atoms with Crippen LogP contribution in [0.2, 0.25) is 0 Å². The zero-order valence-corrected chi connectivity index (χ0v) is 16.4. The molecule has 2 N–H and O–H groups in total. The molecule has 0 radical (unpaired) electrons. The molecule has 3 rings (SSSR count). The first-order valence-electron chi connectivity index (χ1n) is 8.96. The van der Waals surface area contributed by atoms with Crippen LogP contribution in [0.4, 0.5) is 5.69 Å². The molecule has 0 aliphatic carbocycles. The molecule has 144 valence electrons. The maximum atomic E-state index is 12.6. The highest BCUT2D eigenvalue weighted by molar-refractivity contribution is 7.89. The molecule has 28 heavy (non-hydrogen) atoms. The molecule has 0 aromatic heterocycles. The Labute approximate surface area is 165 Å². The first-order chi connectivity index (χ1) is 13.4. The number of rotatable bonds is 7. The van der Waals surface area contributed by atoms with Crippen LogP contribution in [-0.4, -0.2) is 20.9 Å². The van der Waals surface area contributed by atoms with Crippen molar-refractivity contribution < 1.29 is 13.2 Å². The maximum Gasteiger partial charge on any atom is 0.255 e. The summed E-state index contributed by atoms with van der Waals surface area (Å²) in [6.07, 6.45) is 0.591. The molecular formula is C22H22N2O3S. The molecular weight excluding hydrogens is 372 g/mol. The number of anilines is 1. The Balaban J connectivity index is 1.68. The molecule has 5 nitrogen and oxygen atoms in total. The van der Waals surface area contributed by atoms with Crippen molar-refractivity contribution in [2.75, 3.05) is 11.9 Å². The number of carbonyl (C=O) groups excluding carboxylic acids is 1. The molecule has 3 aromatic rings. The lowest BCUT2D eigenvalue weighted by Crippen LogP contribution is -2.26. The predicted octanol–water partition coefficient (Wildman–Crippen LogP) is 3.77. The van der Waals surface area contributed by atoms with Crippen LogP contribution in [0.1, 0.15) is 21.5 Å². The number of amides is 1. The molecule has 0 aliphatic rings. The van der Waals surface area contributed by atoms with Crippen molar-refractivity contribution in [1.82, 2.24) is 4.72 Å². The van der Waals surface area contributed by atoms with Crippen LogP contribution in [0.3, 0.4) is 0 Å². The number of hydrogen-bond acceptors (Lipinski definition) is 3. The van der Waals surface area contributed by atoms with Gasteiger partial charge >= 0.3 is 0 Å². The summed E-state index contributed by atoms with van der Waals surface area (Å²) in [5, 5.41) is 2.79. The third-order valence-electron chi connectivity index (χ3n) is 4.23. The van der Waals surface area contributed by atoms with Gasteiger partial charge in [0.15, 0.2) is 0 Å². The summed E-state index contributed by atoms with van der Waals surface area (Å²) in [6.45, 7) is 2.22. The fourth-order valence-corrected chi connectivity index (χ4v) is 3.87. The van der Waals surface area contributed by atoms with E-state index in [0.29, 0.717) is 12.1 Å². The molecule has 0 spiro atoms. The lowest BCUT2D eigenvalue weighted by molar-refractivity contribution is 0.102. The topological polar surface area (TPSA) is 75.3 Å². The first kappa shape index (κ1) is 19.8. The van der Waals surface area contributed by atoms with E-state index in [1.807, 2.05) is 55.5 Å². The zero-order chi connectivity index (χ0) is 20.0. The van der Waals surface area contributed by atoms with Crippen molar-refractivity contribution in [3.63, 3.8) is 0 Å². The van der Waals surface area contributed by atoms with Gasteiger partial charge in [-0.05, 0) is 54.8 Å². The van der Waals surface area contributed by atoms with E-state index in [9.17, 15) is 13.2 Å². The molecule has 0 heterocycles. The minimum atomic E-state index is -3.70. The van der Waals surface area contributed by atoms with Crippen molar-refractivity contribution >= 4 is 21.6 Å². The van der Waals surface area contributed by atoms with Crippen molar-refractivity contribution in [1.29, 1.82) is 0 Å². The molecule has 0 fully saturated rings. The smallest absolute Gasteiger partial charge is 0.255 e. The minimum Gasteiger partial charge on any atom is -0.322 e. The third-order valence-corrected chi connectivity index (χ3v) is 5.69. The molecule has 0 unspecified atom stereocenters. The van der Waals surface area contributed by atoms with Gasteiger partial charge in [0, 0.05) is 17.8 Å². The van der Waals surface area contributed by atoms with Crippen molar-refractivity contribution in [3.05, 3.63) is 95.6 Å². The lowest BCUT2D eigenvalue weighted by atomic mass is 10.2. The van der Waals surface area contributed by atoms with Gasteiger partial charge < -0.3 is 5.32 Å². The van der Waals surface area contributed by atoms with Gasteiger partial charge in [-0.2, -0.15) is 0 Å². The Kier molecular flexibility index (Phi) is 6.23. The number of carbonyl (C=O) groups is 1. The van der Waals surface area contributed by atoms with Gasteiger partial charge in [-0.3, -0.25) is 4.79 Å². The molecule has 0 saturated carbocycles. The first-order valence-corrected chi connectivity index (χ1v) is 10.4. The highest BCUT2D eigenvalue weighted by atomic mass is 32.2. The summed E-state index contributed by atoms with van der Waals surface area (Å²) in [6, 6.07) is 23.1. The Hall–Kier alpha value is -2.96. The Morgan fingerprint density at radius 1 is 0.893 bits per heavy atom. The molecule has 3 aromatic carbocycles. The van der Waals surface area contributed by atoms with E-state index in [2.05, 4.69) is 10.0 Å². The van der Waals surface area contributed by atoms with E-state index in [0.717, 1.165) is 11.1 Å². The van der Waals surface area contributed by atoms with Crippen LogP contribution in [0.15, 0.2) is 83.8 Å². The minimum absolute atomic E-state index is 0.0671. The summed E-state index contributed by atoms with van der Waals surface area (Å²) >= 11 is 0. The summed E-state index contributed by atoms with van der Waals surface area (Å²) < 4.78 is 27.7. The average molecular weight is 394 g/mol.